The monoisotopic (exact) mass is 308 g/mol. The van der Waals surface area contributed by atoms with E-state index in [1.165, 1.54) is 12.1 Å². The molecule has 0 saturated carbocycles. The lowest BCUT2D eigenvalue weighted by atomic mass is 10.1. The Hall–Kier alpha value is -1.95. The highest BCUT2D eigenvalue weighted by Gasteiger charge is 2.21. The molecule has 2 aromatic rings. The van der Waals surface area contributed by atoms with Gasteiger partial charge in [-0.05, 0) is 23.6 Å². The van der Waals surface area contributed by atoms with Gasteiger partial charge in [-0.25, -0.2) is 14.2 Å². The molecule has 21 heavy (non-hydrogen) atoms. The van der Waals surface area contributed by atoms with Crippen LogP contribution in [0.3, 0.4) is 0 Å². The van der Waals surface area contributed by atoms with Crippen LogP contribution >= 0.6 is 11.3 Å². The molecule has 0 aliphatic heterocycles. The number of hydrogen-bond acceptors (Lipinski definition) is 4. The van der Waals surface area contributed by atoms with E-state index in [4.69, 9.17) is 0 Å². The van der Waals surface area contributed by atoms with E-state index in [2.05, 4.69) is 4.98 Å². The van der Waals surface area contributed by atoms with Crippen molar-refractivity contribution in [1.29, 1.82) is 0 Å². The number of anilines is 1. The maximum absolute atomic E-state index is 13.2. The quantitative estimate of drug-likeness (QED) is 0.914. The van der Waals surface area contributed by atoms with E-state index in [9.17, 15) is 14.3 Å². The van der Waals surface area contributed by atoms with Gasteiger partial charge in [-0.1, -0.05) is 37.3 Å². The fourth-order valence-electron chi connectivity index (χ4n) is 2.00. The Bertz CT molecular complexity index is 655. The van der Waals surface area contributed by atoms with Gasteiger partial charge in [-0.15, -0.1) is 0 Å². The second kappa shape index (κ2) is 6.22. The van der Waals surface area contributed by atoms with Crippen molar-refractivity contribution in [2.45, 2.75) is 26.3 Å². The first-order valence-corrected chi connectivity index (χ1v) is 7.39. The Morgan fingerprint density at radius 3 is 2.71 bits per heavy atom. The van der Waals surface area contributed by atoms with Crippen LogP contribution in [0.2, 0.25) is 0 Å². The third-order valence-corrected chi connectivity index (χ3v) is 4.19. The van der Waals surface area contributed by atoms with Gasteiger partial charge < -0.3 is 10.0 Å². The summed E-state index contributed by atoms with van der Waals surface area (Å²) in [5, 5.41) is 9.86. The number of carbonyl (C=O) groups is 1. The second-order valence-electron chi connectivity index (χ2n) is 5.16. The largest absolute Gasteiger partial charge is 0.477 e. The van der Waals surface area contributed by atoms with E-state index in [1.807, 2.05) is 31.9 Å². The predicted molar refractivity (Wildman–Crippen MR) is 81.7 cm³/mol. The van der Waals surface area contributed by atoms with E-state index in [0.717, 1.165) is 16.9 Å². The molecule has 0 aliphatic carbocycles. The lowest BCUT2D eigenvalue weighted by Gasteiger charge is -2.15. The molecule has 6 heteroatoms. The number of carboxylic acids is 1. The summed E-state index contributed by atoms with van der Waals surface area (Å²) in [6.07, 6.45) is 0. The maximum Gasteiger partial charge on any atom is 0.347 e. The zero-order valence-electron chi connectivity index (χ0n) is 12.1. The fraction of sp³-hybridized carbons (Fsp3) is 0.333. The number of aromatic carboxylic acids is 1. The number of aromatic nitrogens is 1. The Kier molecular flexibility index (Phi) is 4.57. The average molecular weight is 308 g/mol. The molecule has 0 radical (unpaired) electrons. The van der Waals surface area contributed by atoms with Gasteiger partial charge >= 0.3 is 5.97 Å². The number of halogens is 1. The van der Waals surface area contributed by atoms with Crippen LogP contribution in [0.15, 0.2) is 24.3 Å². The highest BCUT2D eigenvalue weighted by atomic mass is 32.1. The number of rotatable bonds is 5. The van der Waals surface area contributed by atoms with E-state index >= 15 is 0 Å². The standard InChI is InChI=1S/C15H17FN2O2S/c1-9(2)12-13(14(19)20)21-15(17-12)18(3)8-10-5-4-6-11(16)7-10/h4-7,9H,8H2,1-3H3,(H,19,20). The van der Waals surface area contributed by atoms with Crippen molar-refractivity contribution in [2.75, 3.05) is 11.9 Å². The van der Waals surface area contributed by atoms with Crippen LogP contribution in [0, 0.1) is 5.82 Å². The van der Waals surface area contributed by atoms with Crippen LogP contribution in [-0.2, 0) is 6.54 Å². The van der Waals surface area contributed by atoms with Crippen LogP contribution in [0.5, 0.6) is 0 Å². The molecule has 0 amide bonds. The van der Waals surface area contributed by atoms with E-state index in [1.54, 1.807) is 6.07 Å². The fourth-order valence-corrected chi connectivity index (χ4v) is 3.02. The molecule has 4 nitrogen and oxygen atoms in total. The highest BCUT2D eigenvalue weighted by molar-refractivity contribution is 7.17. The first-order chi connectivity index (χ1) is 9.88. The molecule has 1 heterocycles. The van der Waals surface area contributed by atoms with E-state index in [0.29, 0.717) is 17.4 Å². The van der Waals surface area contributed by atoms with Crippen molar-refractivity contribution in [3.8, 4) is 0 Å². The SMILES string of the molecule is CC(C)c1nc(N(C)Cc2cccc(F)c2)sc1C(=O)O. The molecule has 0 bridgehead atoms. The smallest absolute Gasteiger partial charge is 0.347 e. The van der Waals surface area contributed by atoms with Crippen molar-refractivity contribution in [2.24, 2.45) is 0 Å². The summed E-state index contributed by atoms with van der Waals surface area (Å²) in [7, 11) is 1.82. The van der Waals surface area contributed by atoms with Crippen molar-refractivity contribution in [3.05, 3.63) is 46.2 Å². The molecule has 0 fully saturated rings. The van der Waals surface area contributed by atoms with Crippen LogP contribution < -0.4 is 4.90 Å². The molecule has 1 N–H and O–H groups in total. The van der Waals surface area contributed by atoms with Crippen LogP contribution in [0.25, 0.3) is 0 Å². The number of thiazole rings is 1. The lowest BCUT2D eigenvalue weighted by Crippen LogP contribution is -2.16. The summed E-state index contributed by atoms with van der Waals surface area (Å²) in [6, 6.07) is 6.34. The predicted octanol–water partition coefficient (Wildman–Crippen LogP) is 3.74. The average Bonchev–Trinajstić information content (AvgIpc) is 2.84. The highest BCUT2D eigenvalue weighted by Crippen LogP contribution is 2.30. The third kappa shape index (κ3) is 3.58. The summed E-state index contributed by atoms with van der Waals surface area (Å²) in [5.41, 5.74) is 1.41. The molecule has 1 aromatic heterocycles. The summed E-state index contributed by atoms with van der Waals surface area (Å²) in [4.78, 5) is 17.8. The molecular weight excluding hydrogens is 291 g/mol. The molecule has 0 spiro atoms. The van der Waals surface area contributed by atoms with Gasteiger partial charge in [0.1, 0.15) is 10.7 Å². The topological polar surface area (TPSA) is 53.4 Å². The van der Waals surface area contributed by atoms with Crippen molar-refractivity contribution < 1.29 is 14.3 Å². The van der Waals surface area contributed by atoms with Gasteiger partial charge in [0, 0.05) is 13.6 Å². The van der Waals surface area contributed by atoms with Gasteiger partial charge in [0.15, 0.2) is 5.13 Å². The molecule has 2 rings (SSSR count). The Balaban J connectivity index is 2.25. The number of carboxylic acid groups (broad SMARTS) is 1. The summed E-state index contributed by atoms with van der Waals surface area (Å²) in [6.45, 7) is 4.30. The number of nitrogens with zero attached hydrogens (tertiary/aromatic N) is 2. The maximum atomic E-state index is 13.2. The van der Waals surface area contributed by atoms with Gasteiger partial charge in [0.25, 0.3) is 0 Å². The molecular formula is C15H17FN2O2S. The first kappa shape index (κ1) is 15.4. The van der Waals surface area contributed by atoms with E-state index < -0.39 is 5.97 Å². The molecule has 0 aliphatic rings. The first-order valence-electron chi connectivity index (χ1n) is 6.58. The molecule has 0 unspecified atom stereocenters. The van der Waals surface area contributed by atoms with Crippen LogP contribution in [-0.4, -0.2) is 23.1 Å². The minimum Gasteiger partial charge on any atom is -0.477 e. The van der Waals surface area contributed by atoms with Crippen molar-refractivity contribution in [3.63, 3.8) is 0 Å². The molecule has 0 atom stereocenters. The lowest BCUT2D eigenvalue weighted by molar-refractivity contribution is 0.0700. The van der Waals surface area contributed by atoms with Crippen LogP contribution in [0.4, 0.5) is 9.52 Å². The normalized spacial score (nSPS) is 10.9. The number of hydrogen-bond donors (Lipinski definition) is 1. The Morgan fingerprint density at radius 2 is 2.19 bits per heavy atom. The van der Waals surface area contributed by atoms with Gasteiger partial charge in [-0.3, -0.25) is 0 Å². The van der Waals surface area contributed by atoms with Crippen molar-refractivity contribution >= 4 is 22.4 Å². The van der Waals surface area contributed by atoms with Gasteiger partial charge in [-0.2, -0.15) is 0 Å². The molecule has 112 valence electrons. The summed E-state index contributed by atoms with van der Waals surface area (Å²) < 4.78 is 13.2. The van der Waals surface area contributed by atoms with Crippen LogP contribution in [0.1, 0.15) is 40.7 Å². The van der Waals surface area contributed by atoms with Gasteiger partial charge in [0.2, 0.25) is 0 Å². The minimum atomic E-state index is -0.957. The number of benzene rings is 1. The molecule has 0 saturated heterocycles. The minimum absolute atomic E-state index is 0.0451. The summed E-state index contributed by atoms with van der Waals surface area (Å²) in [5.74, 6) is -1.19. The van der Waals surface area contributed by atoms with Crippen molar-refractivity contribution in [1.82, 2.24) is 4.98 Å². The third-order valence-electron chi connectivity index (χ3n) is 3.02. The zero-order chi connectivity index (χ0) is 15.6. The Morgan fingerprint density at radius 1 is 1.48 bits per heavy atom. The second-order valence-corrected chi connectivity index (χ2v) is 6.13. The Labute approximate surface area is 126 Å². The summed E-state index contributed by atoms with van der Waals surface area (Å²) >= 11 is 1.15. The van der Waals surface area contributed by atoms with E-state index in [-0.39, 0.29) is 16.6 Å². The zero-order valence-corrected chi connectivity index (χ0v) is 12.9. The van der Waals surface area contributed by atoms with Gasteiger partial charge in [0.05, 0.1) is 5.69 Å². The molecule has 1 aromatic carbocycles.